The van der Waals surface area contributed by atoms with E-state index in [4.69, 9.17) is 9.97 Å². The average molecular weight is 350 g/mol. The van der Waals surface area contributed by atoms with Crippen molar-refractivity contribution in [3.63, 3.8) is 0 Å². The molecule has 0 aliphatic rings. The molecule has 0 amide bonds. The summed E-state index contributed by atoms with van der Waals surface area (Å²) in [4.78, 5) is 19.4. The summed E-state index contributed by atoms with van der Waals surface area (Å²) in [5, 5.41) is 5.11. The van der Waals surface area contributed by atoms with Gasteiger partial charge in [-0.1, -0.05) is 0 Å². The van der Waals surface area contributed by atoms with Gasteiger partial charge in [-0.25, -0.2) is 15.0 Å². The number of nitrogens with zero attached hydrogens (tertiary/aromatic N) is 4. The molecule has 0 N–H and O–H groups in total. The topological polar surface area (TPSA) is 51.6 Å². The lowest BCUT2D eigenvalue weighted by molar-refractivity contribution is 1.16. The van der Waals surface area contributed by atoms with Gasteiger partial charge in [-0.2, -0.15) is 11.3 Å². The van der Waals surface area contributed by atoms with Gasteiger partial charge >= 0.3 is 0 Å². The van der Waals surface area contributed by atoms with Gasteiger partial charge < -0.3 is 0 Å². The van der Waals surface area contributed by atoms with Gasteiger partial charge in [-0.05, 0) is 48.4 Å². The third kappa shape index (κ3) is 2.74. The van der Waals surface area contributed by atoms with Gasteiger partial charge in [0.05, 0.1) is 5.69 Å². The van der Waals surface area contributed by atoms with Crippen molar-refractivity contribution in [1.82, 2.24) is 19.9 Å². The van der Waals surface area contributed by atoms with Crippen LogP contribution in [0.1, 0.15) is 10.6 Å². The minimum absolute atomic E-state index is 0.692. The third-order valence-corrected chi connectivity index (χ3v) is 5.55. The second kappa shape index (κ2) is 6.22. The highest BCUT2D eigenvalue weighted by molar-refractivity contribution is 7.15. The van der Waals surface area contributed by atoms with Gasteiger partial charge in [0.2, 0.25) is 0 Å². The smallest absolute Gasteiger partial charge is 0.160 e. The SMILES string of the molecule is Cc1nc(-c2nc(-c3ccncc3)ncc2-c2ccsc2)sc1C. The van der Waals surface area contributed by atoms with E-state index in [1.165, 1.54) is 4.88 Å². The molecule has 0 aliphatic carbocycles. The first-order chi connectivity index (χ1) is 11.7. The van der Waals surface area contributed by atoms with Crippen molar-refractivity contribution in [2.45, 2.75) is 13.8 Å². The first kappa shape index (κ1) is 15.1. The molecule has 4 aromatic heterocycles. The van der Waals surface area contributed by atoms with Crippen LogP contribution in [0.15, 0.2) is 47.5 Å². The predicted molar refractivity (Wildman–Crippen MR) is 99.2 cm³/mol. The Hall–Kier alpha value is -2.44. The maximum absolute atomic E-state index is 4.84. The van der Waals surface area contributed by atoms with E-state index in [1.54, 1.807) is 35.1 Å². The Morgan fingerprint density at radius 2 is 1.79 bits per heavy atom. The van der Waals surface area contributed by atoms with Gasteiger partial charge in [0.1, 0.15) is 10.7 Å². The van der Waals surface area contributed by atoms with Gasteiger partial charge in [-0.3, -0.25) is 4.98 Å². The van der Waals surface area contributed by atoms with Crippen molar-refractivity contribution >= 4 is 22.7 Å². The molecular weight excluding hydrogens is 336 g/mol. The van der Waals surface area contributed by atoms with Crippen LogP contribution in [0.2, 0.25) is 0 Å². The lowest BCUT2D eigenvalue weighted by Gasteiger charge is -2.07. The summed E-state index contributed by atoms with van der Waals surface area (Å²) in [6.07, 6.45) is 5.40. The fourth-order valence-electron chi connectivity index (χ4n) is 2.39. The minimum Gasteiger partial charge on any atom is -0.265 e. The number of thiazole rings is 1. The average Bonchev–Trinajstić information content (AvgIpc) is 3.26. The number of hydrogen-bond acceptors (Lipinski definition) is 6. The van der Waals surface area contributed by atoms with Crippen molar-refractivity contribution in [2.24, 2.45) is 0 Å². The molecule has 24 heavy (non-hydrogen) atoms. The Bertz CT molecular complexity index is 956. The molecule has 0 aliphatic heterocycles. The van der Waals surface area contributed by atoms with Crippen LogP contribution < -0.4 is 0 Å². The van der Waals surface area contributed by atoms with Crippen molar-refractivity contribution in [2.75, 3.05) is 0 Å². The molecule has 4 aromatic rings. The molecule has 4 heterocycles. The predicted octanol–water partition coefficient (Wildman–Crippen LogP) is 5.01. The summed E-state index contributed by atoms with van der Waals surface area (Å²) in [6.45, 7) is 4.12. The van der Waals surface area contributed by atoms with Crippen molar-refractivity contribution < 1.29 is 0 Å². The highest BCUT2D eigenvalue weighted by atomic mass is 32.1. The van der Waals surface area contributed by atoms with Gasteiger partial charge in [0.25, 0.3) is 0 Å². The molecule has 0 bridgehead atoms. The highest BCUT2D eigenvalue weighted by Gasteiger charge is 2.16. The Kier molecular flexibility index (Phi) is 3.92. The molecule has 0 unspecified atom stereocenters. The van der Waals surface area contributed by atoms with Gasteiger partial charge in [0.15, 0.2) is 5.82 Å². The Morgan fingerprint density at radius 3 is 2.46 bits per heavy atom. The zero-order chi connectivity index (χ0) is 16.5. The summed E-state index contributed by atoms with van der Waals surface area (Å²) < 4.78 is 0. The van der Waals surface area contributed by atoms with Crippen LogP contribution in [0.4, 0.5) is 0 Å². The van der Waals surface area contributed by atoms with E-state index in [0.717, 1.165) is 33.1 Å². The van der Waals surface area contributed by atoms with Gasteiger partial charge in [-0.15, -0.1) is 11.3 Å². The first-order valence-corrected chi connectivity index (χ1v) is 9.22. The number of pyridine rings is 1. The minimum atomic E-state index is 0.692. The number of rotatable bonds is 3. The maximum atomic E-state index is 4.84. The highest BCUT2D eigenvalue weighted by Crippen LogP contribution is 2.35. The normalized spacial score (nSPS) is 10.9. The maximum Gasteiger partial charge on any atom is 0.160 e. The summed E-state index contributed by atoms with van der Waals surface area (Å²) in [7, 11) is 0. The molecule has 0 fully saturated rings. The molecule has 0 saturated carbocycles. The Balaban J connectivity index is 1.92. The third-order valence-electron chi connectivity index (χ3n) is 3.79. The summed E-state index contributed by atoms with van der Waals surface area (Å²) in [5.41, 5.74) is 5.03. The van der Waals surface area contributed by atoms with Crippen LogP contribution in [0.3, 0.4) is 0 Å². The molecule has 0 spiro atoms. The quantitative estimate of drug-likeness (QED) is 0.521. The molecular formula is C18H14N4S2. The zero-order valence-corrected chi connectivity index (χ0v) is 14.9. The van der Waals surface area contributed by atoms with E-state index in [1.807, 2.05) is 25.3 Å². The fraction of sp³-hybridized carbons (Fsp3) is 0.111. The monoisotopic (exact) mass is 350 g/mol. The fourth-order valence-corrected chi connectivity index (χ4v) is 3.96. The molecule has 0 radical (unpaired) electrons. The Labute approximate surface area is 147 Å². The second-order valence-corrected chi connectivity index (χ2v) is 7.35. The van der Waals surface area contributed by atoms with Crippen molar-refractivity contribution in [1.29, 1.82) is 0 Å². The molecule has 0 atom stereocenters. The summed E-state index contributed by atoms with van der Waals surface area (Å²) in [6, 6.07) is 5.93. The van der Waals surface area contributed by atoms with Gasteiger partial charge in [0, 0.05) is 34.6 Å². The summed E-state index contributed by atoms with van der Waals surface area (Å²) in [5.74, 6) is 0.692. The Morgan fingerprint density at radius 1 is 0.958 bits per heavy atom. The molecule has 0 saturated heterocycles. The molecule has 4 nitrogen and oxygen atoms in total. The molecule has 4 rings (SSSR count). The van der Waals surface area contributed by atoms with Crippen molar-refractivity contribution in [3.05, 3.63) is 58.1 Å². The van der Waals surface area contributed by atoms with E-state index < -0.39 is 0 Å². The van der Waals surface area contributed by atoms with Crippen LogP contribution >= 0.6 is 22.7 Å². The van der Waals surface area contributed by atoms with Crippen LogP contribution in [0, 0.1) is 13.8 Å². The number of aromatic nitrogens is 4. The van der Waals surface area contributed by atoms with Crippen molar-refractivity contribution in [3.8, 4) is 33.2 Å². The van der Waals surface area contributed by atoms with E-state index in [0.29, 0.717) is 5.82 Å². The van der Waals surface area contributed by atoms with Crippen LogP contribution in [0.25, 0.3) is 33.2 Å². The lowest BCUT2D eigenvalue weighted by Crippen LogP contribution is -1.95. The van der Waals surface area contributed by atoms with Crippen LogP contribution in [-0.4, -0.2) is 19.9 Å². The summed E-state index contributed by atoms with van der Waals surface area (Å²) >= 11 is 3.34. The van der Waals surface area contributed by atoms with E-state index in [2.05, 4.69) is 33.7 Å². The van der Waals surface area contributed by atoms with E-state index >= 15 is 0 Å². The number of hydrogen-bond donors (Lipinski definition) is 0. The van der Waals surface area contributed by atoms with Crippen LogP contribution in [0.5, 0.6) is 0 Å². The van der Waals surface area contributed by atoms with E-state index in [-0.39, 0.29) is 0 Å². The second-order valence-electron chi connectivity index (χ2n) is 5.36. The van der Waals surface area contributed by atoms with E-state index in [9.17, 15) is 0 Å². The number of aryl methyl sites for hydroxylation is 2. The number of thiophene rings is 1. The molecule has 0 aromatic carbocycles. The molecule has 118 valence electrons. The largest absolute Gasteiger partial charge is 0.265 e. The standard InChI is InChI=1S/C18H14N4S2/c1-11-12(2)24-18(21-11)16-15(14-5-8-23-10-14)9-20-17(22-16)13-3-6-19-7-4-13/h3-10H,1-2H3. The first-order valence-electron chi connectivity index (χ1n) is 7.47. The lowest BCUT2D eigenvalue weighted by atomic mass is 10.1. The van der Waals surface area contributed by atoms with Crippen LogP contribution in [-0.2, 0) is 0 Å². The molecule has 6 heteroatoms. The zero-order valence-electron chi connectivity index (χ0n) is 13.2.